The average Bonchev–Trinajstić information content (AvgIpc) is 3.21. The van der Waals surface area contributed by atoms with E-state index in [9.17, 15) is 9.90 Å². The minimum Gasteiger partial charge on any atom is -0.508 e. The highest BCUT2D eigenvalue weighted by Gasteiger charge is 2.15. The first-order valence-corrected chi connectivity index (χ1v) is 12.5. The lowest BCUT2D eigenvalue weighted by Gasteiger charge is -2.10. The van der Waals surface area contributed by atoms with Gasteiger partial charge in [0.15, 0.2) is 0 Å². The number of carbonyl (C=O) groups excluding carboxylic acids is 1. The van der Waals surface area contributed by atoms with Gasteiger partial charge >= 0.3 is 6.09 Å². The summed E-state index contributed by atoms with van der Waals surface area (Å²) in [5, 5.41) is 16.6. The number of ether oxygens (including phenoxy) is 1. The molecule has 0 spiro atoms. The predicted molar refractivity (Wildman–Crippen MR) is 146 cm³/mol. The van der Waals surface area contributed by atoms with E-state index in [0.29, 0.717) is 11.5 Å². The summed E-state index contributed by atoms with van der Waals surface area (Å²) in [5.41, 5.74) is 8.23. The van der Waals surface area contributed by atoms with Gasteiger partial charge < -0.3 is 25.5 Å². The number of amides is 1. The number of phenols is 1. The van der Waals surface area contributed by atoms with E-state index in [1.807, 2.05) is 30.3 Å². The SMILES string of the molecule is CNC(=O)Oc1ccc2[nH]c(-c3cc(C)cc(C)c3)c(CCNCCCCc3ccc(O)cc3)c2c1. The number of aromatic nitrogens is 1. The molecule has 0 saturated heterocycles. The molecule has 0 saturated carbocycles. The third kappa shape index (κ3) is 6.46. The molecule has 1 aromatic heterocycles. The lowest BCUT2D eigenvalue weighted by Crippen LogP contribution is -2.22. The predicted octanol–water partition coefficient (Wildman–Crippen LogP) is 6.03. The topological polar surface area (TPSA) is 86.4 Å². The molecule has 4 aromatic rings. The fraction of sp³-hybridized carbons (Fsp3) is 0.300. The summed E-state index contributed by atoms with van der Waals surface area (Å²) in [6.07, 6.45) is 3.57. The zero-order chi connectivity index (χ0) is 25.5. The Labute approximate surface area is 212 Å². The number of fused-ring (bicyclic) bond motifs is 1. The van der Waals surface area contributed by atoms with E-state index in [4.69, 9.17) is 4.74 Å². The molecule has 0 atom stereocenters. The Hall–Kier alpha value is -3.77. The molecule has 0 aliphatic rings. The number of benzene rings is 3. The van der Waals surface area contributed by atoms with Gasteiger partial charge in [-0.3, -0.25) is 0 Å². The van der Waals surface area contributed by atoms with Crippen molar-refractivity contribution in [1.82, 2.24) is 15.6 Å². The Kier molecular flexibility index (Phi) is 8.28. The van der Waals surface area contributed by atoms with E-state index in [-0.39, 0.29) is 0 Å². The third-order valence-electron chi connectivity index (χ3n) is 6.36. The van der Waals surface area contributed by atoms with E-state index < -0.39 is 6.09 Å². The van der Waals surface area contributed by atoms with Gasteiger partial charge in [0, 0.05) is 23.6 Å². The Morgan fingerprint density at radius 3 is 2.39 bits per heavy atom. The number of aromatic amines is 1. The number of H-pyrrole nitrogens is 1. The summed E-state index contributed by atoms with van der Waals surface area (Å²) in [5.74, 6) is 0.835. The molecule has 4 rings (SSSR count). The highest BCUT2D eigenvalue weighted by molar-refractivity contribution is 5.92. The first kappa shape index (κ1) is 25.3. The molecular weight excluding hydrogens is 450 g/mol. The van der Waals surface area contributed by atoms with Crippen LogP contribution >= 0.6 is 0 Å². The minimum atomic E-state index is -0.477. The molecule has 6 nitrogen and oxygen atoms in total. The van der Waals surface area contributed by atoms with Crippen LogP contribution in [0.5, 0.6) is 11.5 Å². The van der Waals surface area contributed by atoms with Crippen molar-refractivity contribution in [2.45, 2.75) is 39.5 Å². The maximum Gasteiger partial charge on any atom is 0.412 e. The van der Waals surface area contributed by atoms with Crippen LogP contribution in [0.3, 0.4) is 0 Å². The number of unbranched alkanes of at least 4 members (excludes halogenated alkanes) is 1. The van der Waals surface area contributed by atoms with E-state index in [1.54, 1.807) is 19.2 Å². The molecule has 0 fully saturated rings. The van der Waals surface area contributed by atoms with Crippen molar-refractivity contribution < 1.29 is 14.6 Å². The maximum atomic E-state index is 11.7. The number of rotatable bonds is 10. The standard InChI is InChI=1S/C30H35N3O3/c1-20-16-21(2)18-23(17-20)29-26(27-19-25(36-30(35)31-3)11-12-28(27)33-29)13-15-32-14-5-4-6-22-7-9-24(34)10-8-22/h7-12,16-19,32-34H,4-6,13-15H2,1-3H3,(H,31,35). The van der Waals surface area contributed by atoms with E-state index >= 15 is 0 Å². The molecule has 3 aromatic carbocycles. The first-order chi connectivity index (χ1) is 17.4. The van der Waals surface area contributed by atoms with Gasteiger partial charge in [-0.05, 0) is 112 Å². The number of nitrogens with one attached hydrogen (secondary N) is 3. The normalized spacial score (nSPS) is 11.1. The second kappa shape index (κ2) is 11.8. The first-order valence-electron chi connectivity index (χ1n) is 12.5. The molecule has 36 heavy (non-hydrogen) atoms. The van der Waals surface area contributed by atoms with E-state index in [0.717, 1.165) is 55.4 Å². The van der Waals surface area contributed by atoms with Gasteiger partial charge in [0.1, 0.15) is 11.5 Å². The highest BCUT2D eigenvalue weighted by Crippen LogP contribution is 2.34. The quantitative estimate of drug-likeness (QED) is 0.207. The third-order valence-corrected chi connectivity index (χ3v) is 6.36. The molecule has 0 aliphatic heterocycles. The Balaban J connectivity index is 1.45. The summed E-state index contributed by atoms with van der Waals surface area (Å²) in [7, 11) is 1.55. The second-order valence-corrected chi connectivity index (χ2v) is 9.33. The molecule has 4 N–H and O–H groups in total. The van der Waals surface area contributed by atoms with Crippen LogP contribution in [-0.2, 0) is 12.8 Å². The smallest absolute Gasteiger partial charge is 0.412 e. The number of carbonyl (C=O) groups is 1. The van der Waals surface area contributed by atoms with Gasteiger partial charge in [-0.1, -0.05) is 29.3 Å². The maximum absolute atomic E-state index is 11.7. The largest absolute Gasteiger partial charge is 0.508 e. The number of phenolic OH excluding ortho intramolecular Hbond substituents is 1. The van der Waals surface area contributed by atoms with Crippen LogP contribution in [0.25, 0.3) is 22.2 Å². The van der Waals surface area contributed by atoms with Crippen LogP contribution in [0.15, 0.2) is 60.7 Å². The molecule has 1 amide bonds. The Morgan fingerprint density at radius 1 is 0.917 bits per heavy atom. The molecular formula is C30H35N3O3. The Morgan fingerprint density at radius 2 is 1.67 bits per heavy atom. The summed E-state index contributed by atoms with van der Waals surface area (Å²) < 4.78 is 5.40. The van der Waals surface area contributed by atoms with Crippen molar-refractivity contribution in [3.8, 4) is 22.8 Å². The molecule has 0 aliphatic carbocycles. The molecule has 0 unspecified atom stereocenters. The minimum absolute atomic E-state index is 0.310. The second-order valence-electron chi connectivity index (χ2n) is 9.33. The van der Waals surface area contributed by atoms with Crippen molar-refractivity contribution in [2.75, 3.05) is 20.1 Å². The van der Waals surface area contributed by atoms with Gasteiger partial charge in [0.25, 0.3) is 0 Å². The fourth-order valence-electron chi connectivity index (χ4n) is 4.65. The van der Waals surface area contributed by atoms with Gasteiger partial charge in [-0.25, -0.2) is 4.79 Å². The number of hydrogen-bond donors (Lipinski definition) is 4. The highest BCUT2D eigenvalue weighted by atomic mass is 16.5. The number of hydrogen-bond acceptors (Lipinski definition) is 4. The lowest BCUT2D eigenvalue weighted by molar-refractivity contribution is 0.203. The van der Waals surface area contributed by atoms with Gasteiger partial charge in [-0.15, -0.1) is 0 Å². The van der Waals surface area contributed by atoms with Gasteiger partial charge in [0.2, 0.25) is 0 Å². The van der Waals surface area contributed by atoms with Crippen LogP contribution in [0.4, 0.5) is 4.79 Å². The molecule has 0 bridgehead atoms. The van der Waals surface area contributed by atoms with E-state index in [2.05, 4.69) is 47.7 Å². The van der Waals surface area contributed by atoms with Crippen molar-refractivity contribution in [2.24, 2.45) is 0 Å². The summed E-state index contributed by atoms with van der Waals surface area (Å²) in [6.45, 7) is 6.04. The summed E-state index contributed by atoms with van der Waals surface area (Å²) >= 11 is 0. The van der Waals surface area contributed by atoms with Crippen molar-refractivity contribution in [3.05, 3.63) is 82.9 Å². The number of aromatic hydroxyl groups is 1. The monoisotopic (exact) mass is 485 g/mol. The molecule has 0 radical (unpaired) electrons. The lowest BCUT2D eigenvalue weighted by atomic mass is 9.99. The summed E-state index contributed by atoms with van der Waals surface area (Å²) in [6, 6.07) is 19.8. The van der Waals surface area contributed by atoms with Gasteiger partial charge in [-0.2, -0.15) is 0 Å². The number of aryl methyl sites for hydroxylation is 3. The van der Waals surface area contributed by atoms with Crippen LogP contribution < -0.4 is 15.4 Å². The van der Waals surface area contributed by atoms with Crippen molar-refractivity contribution in [3.63, 3.8) is 0 Å². The van der Waals surface area contributed by atoms with Crippen LogP contribution in [0.1, 0.15) is 35.1 Å². The molecule has 1 heterocycles. The van der Waals surface area contributed by atoms with Crippen molar-refractivity contribution >= 4 is 17.0 Å². The van der Waals surface area contributed by atoms with Gasteiger partial charge in [0.05, 0.1) is 0 Å². The average molecular weight is 486 g/mol. The molecule has 188 valence electrons. The zero-order valence-electron chi connectivity index (χ0n) is 21.3. The zero-order valence-corrected chi connectivity index (χ0v) is 21.3. The summed E-state index contributed by atoms with van der Waals surface area (Å²) in [4.78, 5) is 15.4. The molecule has 6 heteroatoms. The van der Waals surface area contributed by atoms with Crippen LogP contribution in [-0.4, -0.2) is 36.3 Å². The van der Waals surface area contributed by atoms with Crippen LogP contribution in [0.2, 0.25) is 0 Å². The van der Waals surface area contributed by atoms with Crippen LogP contribution in [0, 0.1) is 13.8 Å². The fourth-order valence-corrected chi connectivity index (χ4v) is 4.65. The van der Waals surface area contributed by atoms with E-state index in [1.165, 1.54) is 27.8 Å². The Bertz CT molecular complexity index is 1310. The van der Waals surface area contributed by atoms with Crippen molar-refractivity contribution in [1.29, 1.82) is 0 Å².